The molecule has 0 atom stereocenters. The molecule has 0 unspecified atom stereocenters. The van der Waals surface area contributed by atoms with Crippen molar-refractivity contribution in [2.75, 3.05) is 9.80 Å². The second-order valence-electron chi connectivity index (χ2n) is 12.4. The lowest BCUT2D eigenvalue weighted by Crippen LogP contribution is -2.60. The third-order valence-corrected chi connectivity index (χ3v) is 9.37. The Labute approximate surface area is 253 Å². The molecule has 0 aliphatic carbocycles. The summed E-state index contributed by atoms with van der Waals surface area (Å²) in [6, 6.07) is 42.4. The average molecular weight is 562 g/mol. The highest BCUT2D eigenvalue weighted by molar-refractivity contribution is 7.30. The summed E-state index contributed by atoms with van der Waals surface area (Å²) in [5.74, 6) is 1.69. The molecule has 0 spiro atoms. The summed E-state index contributed by atoms with van der Waals surface area (Å²) in [6.45, 7) is 8.42. The van der Waals surface area contributed by atoms with Gasteiger partial charge in [0.15, 0.2) is 11.5 Å². The Kier molecular flexibility index (Phi) is 5.81. The number of hydrogen-bond acceptors (Lipinski definition) is 5. The fourth-order valence-corrected chi connectivity index (χ4v) is 6.54. The van der Waals surface area contributed by atoms with Crippen molar-refractivity contribution in [3.63, 3.8) is 0 Å². The minimum atomic E-state index is -0.411. The molecule has 0 saturated carbocycles. The van der Waals surface area contributed by atoms with Crippen molar-refractivity contribution in [1.82, 2.24) is 0 Å². The van der Waals surface area contributed by atoms with Gasteiger partial charge in [-0.05, 0) is 88.4 Å². The normalized spacial score (nSPS) is 17.5. The lowest BCUT2D eigenvalue weighted by Gasteiger charge is -2.37. The van der Waals surface area contributed by atoms with E-state index in [0.717, 1.165) is 45.6 Å². The molecule has 43 heavy (non-hydrogen) atoms. The van der Waals surface area contributed by atoms with Gasteiger partial charge in [-0.3, -0.25) is 0 Å². The number of ether oxygens (including phenoxy) is 1. The average Bonchev–Trinajstić information content (AvgIpc) is 3.24. The molecule has 0 radical (unpaired) electrons. The zero-order chi connectivity index (χ0) is 29.3. The first kappa shape index (κ1) is 26.2. The summed E-state index contributed by atoms with van der Waals surface area (Å²) in [6.07, 6.45) is 0. The Balaban J connectivity index is 1.22. The van der Waals surface area contributed by atoms with Crippen molar-refractivity contribution in [3.8, 4) is 11.5 Å². The molecule has 3 aliphatic rings. The molecule has 210 valence electrons. The zero-order valence-corrected chi connectivity index (χ0v) is 24.8. The first-order chi connectivity index (χ1) is 20.8. The monoisotopic (exact) mass is 562 g/mol. The second kappa shape index (κ2) is 9.53. The van der Waals surface area contributed by atoms with Gasteiger partial charge in [0.1, 0.15) is 0 Å². The third-order valence-electron chi connectivity index (χ3n) is 9.37. The van der Waals surface area contributed by atoms with Crippen LogP contribution in [0.25, 0.3) is 0 Å². The SMILES string of the molecule is CC1(C)OB(B2c3ccccc3N(c3ccc(N4c5ccccc5Oc5ccccc54)cc3)c3ccccc32)OC1(C)C. The van der Waals surface area contributed by atoms with Crippen LogP contribution in [0.1, 0.15) is 27.7 Å². The van der Waals surface area contributed by atoms with Crippen LogP contribution in [-0.2, 0) is 9.31 Å². The molecular weight excluding hydrogens is 530 g/mol. The van der Waals surface area contributed by atoms with Crippen LogP contribution >= 0.6 is 0 Å². The van der Waals surface area contributed by atoms with Crippen molar-refractivity contribution in [2.45, 2.75) is 38.9 Å². The van der Waals surface area contributed by atoms with Gasteiger partial charge in [-0.1, -0.05) is 71.6 Å². The maximum atomic E-state index is 6.64. The number of benzene rings is 5. The minimum absolute atomic E-state index is 0.0506. The van der Waals surface area contributed by atoms with E-state index in [4.69, 9.17) is 14.0 Å². The second-order valence-corrected chi connectivity index (χ2v) is 12.4. The number of para-hydroxylation sites is 6. The van der Waals surface area contributed by atoms with Gasteiger partial charge in [0.05, 0.1) is 22.6 Å². The predicted molar refractivity (Wildman–Crippen MR) is 177 cm³/mol. The lowest BCUT2D eigenvalue weighted by molar-refractivity contribution is 0.00578. The van der Waals surface area contributed by atoms with Gasteiger partial charge in [-0.25, -0.2) is 0 Å². The maximum Gasteiger partial charge on any atom is 0.420 e. The van der Waals surface area contributed by atoms with Crippen LogP contribution in [0.15, 0.2) is 121 Å². The van der Waals surface area contributed by atoms with E-state index in [-0.39, 0.29) is 6.60 Å². The van der Waals surface area contributed by atoms with Gasteiger partial charge in [-0.2, -0.15) is 0 Å². The number of fused-ring (bicyclic) bond motifs is 4. The smallest absolute Gasteiger partial charge is 0.420 e. The molecule has 5 nitrogen and oxygen atoms in total. The zero-order valence-electron chi connectivity index (χ0n) is 24.8. The molecule has 5 aromatic rings. The van der Waals surface area contributed by atoms with Gasteiger partial charge < -0.3 is 23.8 Å². The van der Waals surface area contributed by atoms with Gasteiger partial charge >= 0.3 is 7.01 Å². The van der Waals surface area contributed by atoms with Crippen LogP contribution in [0.2, 0.25) is 0 Å². The standard InChI is InChI=1S/C36H32B2N2O3/c1-35(2)36(3,4)43-38(42-35)37-27-13-5-7-15-29(27)39(30-16-8-6-14-28(30)37)25-21-23-26(24-22-25)40-31-17-9-11-19-33(31)41-34-20-12-10-18-32(34)40/h5-24H,1-4H3. The van der Waals surface area contributed by atoms with E-state index in [1.165, 1.54) is 10.9 Å². The fourth-order valence-electron chi connectivity index (χ4n) is 6.54. The van der Waals surface area contributed by atoms with Crippen LogP contribution in [0.3, 0.4) is 0 Å². The molecule has 0 amide bonds. The van der Waals surface area contributed by atoms with Crippen molar-refractivity contribution in [2.24, 2.45) is 0 Å². The summed E-state index contributed by atoms with van der Waals surface area (Å²) < 4.78 is 19.5. The predicted octanol–water partition coefficient (Wildman–Crippen LogP) is 7.82. The van der Waals surface area contributed by atoms with E-state index in [9.17, 15) is 0 Å². The minimum Gasteiger partial charge on any atom is -0.453 e. The van der Waals surface area contributed by atoms with Crippen LogP contribution in [0, 0.1) is 0 Å². The molecule has 1 fully saturated rings. The summed E-state index contributed by atoms with van der Waals surface area (Å²) >= 11 is 0. The number of rotatable bonds is 3. The van der Waals surface area contributed by atoms with Crippen molar-refractivity contribution in [3.05, 3.63) is 121 Å². The molecule has 0 N–H and O–H groups in total. The first-order valence-corrected chi connectivity index (χ1v) is 14.9. The van der Waals surface area contributed by atoms with Gasteiger partial charge in [0.2, 0.25) is 0 Å². The lowest BCUT2D eigenvalue weighted by atomic mass is 9.18. The molecule has 5 aromatic carbocycles. The topological polar surface area (TPSA) is 34.2 Å². The van der Waals surface area contributed by atoms with E-state index >= 15 is 0 Å². The summed E-state index contributed by atoms with van der Waals surface area (Å²) in [5.41, 5.74) is 8.04. The quantitative estimate of drug-likeness (QED) is 0.206. The van der Waals surface area contributed by atoms with Crippen LogP contribution in [0.5, 0.6) is 11.5 Å². The number of hydrogen-bond donors (Lipinski definition) is 0. The molecule has 3 heterocycles. The van der Waals surface area contributed by atoms with Gasteiger partial charge in [0, 0.05) is 22.7 Å². The molecule has 1 saturated heterocycles. The maximum absolute atomic E-state index is 6.64. The third kappa shape index (κ3) is 4.03. The molecule has 0 aromatic heterocycles. The van der Waals surface area contributed by atoms with E-state index in [1.807, 2.05) is 24.3 Å². The molecule has 0 bridgehead atoms. The summed E-state index contributed by atoms with van der Waals surface area (Å²) in [7, 11) is -0.390. The molecule has 3 aliphatic heterocycles. The Morgan fingerprint density at radius 1 is 0.465 bits per heavy atom. The molecular formula is C36H32B2N2O3. The number of nitrogens with zero attached hydrogens (tertiary/aromatic N) is 2. The van der Waals surface area contributed by atoms with Crippen LogP contribution in [-0.4, -0.2) is 24.8 Å². The van der Waals surface area contributed by atoms with E-state index in [1.54, 1.807) is 0 Å². The van der Waals surface area contributed by atoms with E-state index in [0.29, 0.717) is 0 Å². The Bertz CT molecular complexity index is 1750. The van der Waals surface area contributed by atoms with Gasteiger partial charge in [0.25, 0.3) is 6.60 Å². The van der Waals surface area contributed by atoms with E-state index < -0.39 is 18.2 Å². The fraction of sp³-hybridized carbons (Fsp3) is 0.167. The van der Waals surface area contributed by atoms with Crippen molar-refractivity contribution < 1.29 is 14.0 Å². The highest BCUT2D eigenvalue weighted by Gasteiger charge is 2.57. The van der Waals surface area contributed by atoms with Crippen LogP contribution in [0.4, 0.5) is 34.1 Å². The highest BCUT2D eigenvalue weighted by Crippen LogP contribution is 2.50. The van der Waals surface area contributed by atoms with Crippen LogP contribution < -0.4 is 25.5 Å². The molecule has 8 rings (SSSR count). The Morgan fingerprint density at radius 3 is 1.30 bits per heavy atom. The Morgan fingerprint density at radius 2 is 0.837 bits per heavy atom. The molecule has 7 heteroatoms. The van der Waals surface area contributed by atoms with E-state index in [2.05, 4.69) is 135 Å². The first-order valence-electron chi connectivity index (χ1n) is 14.9. The van der Waals surface area contributed by atoms with Crippen molar-refractivity contribution >= 4 is 58.7 Å². The highest BCUT2D eigenvalue weighted by atomic mass is 16.7. The van der Waals surface area contributed by atoms with Crippen molar-refractivity contribution in [1.29, 1.82) is 0 Å². The van der Waals surface area contributed by atoms with Gasteiger partial charge in [-0.15, -0.1) is 0 Å². The Hall–Kier alpha value is -4.45. The largest absolute Gasteiger partial charge is 0.453 e. The number of anilines is 6. The summed E-state index contributed by atoms with van der Waals surface area (Å²) in [5, 5.41) is 0. The summed E-state index contributed by atoms with van der Waals surface area (Å²) in [4.78, 5) is 4.63.